The average Bonchev–Trinajstić information content (AvgIpc) is 3.45. The van der Waals surface area contributed by atoms with E-state index in [2.05, 4.69) is 14.7 Å². The summed E-state index contributed by atoms with van der Waals surface area (Å²) in [6.07, 6.45) is 5.59. The lowest BCUT2D eigenvalue weighted by Gasteiger charge is -2.14. The molecule has 0 N–H and O–H groups in total. The molecule has 3 aromatic heterocycles. The summed E-state index contributed by atoms with van der Waals surface area (Å²) in [5.74, 6) is -0.151. The molecule has 0 bridgehead atoms. The third-order valence-electron chi connectivity index (χ3n) is 4.64. The van der Waals surface area contributed by atoms with Crippen molar-refractivity contribution in [3.05, 3.63) is 67.1 Å². The first kappa shape index (κ1) is 17.2. The van der Waals surface area contributed by atoms with E-state index in [1.54, 1.807) is 35.2 Å². The van der Waals surface area contributed by atoms with Crippen LogP contribution in [0.15, 0.2) is 65.8 Å². The predicted molar refractivity (Wildman–Crippen MR) is 101 cm³/mol. The number of aromatic nitrogens is 3. The van der Waals surface area contributed by atoms with Crippen LogP contribution in [0.4, 0.5) is 14.9 Å². The monoisotopic (exact) mass is 394 g/mol. The van der Waals surface area contributed by atoms with Gasteiger partial charge >= 0.3 is 6.09 Å². The van der Waals surface area contributed by atoms with Crippen LogP contribution in [-0.4, -0.2) is 40.1 Å². The van der Waals surface area contributed by atoms with Gasteiger partial charge in [0.1, 0.15) is 18.7 Å². The second-order valence-corrected chi connectivity index (χ2v) is 6.54. The number of halogens is 1. The van der Waals surface area contributed by atoms with Gasteiger partial charge in [-0.3, -0.25) is 9.88 Å². The number of cyclic esters (lactones) is 1. The Labute approximate surface area is 164 Å². The lowest BCUT2D eigenvalue weighted by atomic mass is 10.2. The molecule has 0 spiro atoms. The maximum absolute atomic E-state index is 14.8. The molecule has 146 valence electrons. The van der Waals surface area contributed by atoms with Crippen molar-refractivity contribution in [2.75, 3.05) is 18.1 Å². The van der Waals surface area contributed by atoms with E-state index in [1.165, 1.54) is 17.2 Å². The first-order valence-corrected chi connectivity index (χ1v) is 8.91. The van der Waals surface area contributed by atoms with Crippen LogP contribution in [0.3, 0.4) is 0 Å². The Hall–Kier alpha value is -3.88. The highest BCUT2D eigenvalue weighted by atomic mass is 19.1. The second-order valence-electron chi connectivity index (χ2n) is 6.54. The fraction of sp³-hybridized carbons (Fsp3) is 0.150. The van der Waals surface area contributed by atoms with E-state index in [0.29, 0.717) is 17.3 Å². The molecule has 0 aliphatic carbocycles. The van der Waals surface area contributed by atoms with Gasteiger partial charge in [0, 0.05) is 30.0 Å². The van der Waals surface area contributed by atoms with Crippen molar-refractivity contribution in [2.24, 2.45) is 0 Å². The number of hydrogen-bond acceptors (Lipinski definition) is 6. The van der Waals surface area contributed by atoms with Crippen molar-refractivity contribution in [1.29, 1.82) is 0 Å². The highest BCUT2D eigenvalue weighted by Gasteiger charge is 2.33. The summed E-state index contributed by atoms with van der Waals surface area (Å²) >= 11 is 0. The minimum atomic E-state index is -0.554. The van der Waals surface area contributed by atoms with Crippen molar-refractivity contribution in [3.63, 3.8) is 0 Å². The van der Waals surface area contributed by atoms with Gasteiger partial charge in [0.2, 0.25) is 0 Å². The van der Waals surface area contributed by atoms with Gasteiger partial charge in [-0.2, -0.15) is 0 Å². The molecule has 1 atom stereocenters. The van der Waals surface area contributed by atoms with Gasteiger partial charge in [0.25, 0.3) is 5.88 Å². The molecule has 9 heteroatoms. The molecule has 1 aliphatic heterocycles. The number of pyridine rings is 1. The van der Waals surface area contributed by atoms with E-state index in [9.17, 15) is 9.18 Å². The SMILES string of the molecule is O=C1O[C@@H](COc2ccon2)CN1c1ccc(-n2cc3cccnc3c2)c(F)c1. The Kier molecular flexibility index (Phi) is 4.12. The molecule has 5 rings (SSSR count). The molecule has 0 unspecified atom stereocenters. The van der Waals surface area contributed by atoms with Crippen LogP contribution in [-0.2, 0) is 4.74 Å². The van der Waals surface area contributed by atoms with E-state index >= 15 is 0 Å². The molecule has 8 nitrogen and oxygen atoms in total. The molecule has 1 aromatic carbocycles. The van der Waals surface area contributed by atoms with Crippen molar-refractivity contribution in [1.82, 2.24) is 14.7 Å². The summed E-state index contributed by atoms with van der Waals surface area (Å²) in [6.45, 7) is 0.366. The van der Waals surface area contributed by atoms with E-state index < -0.39 is 18.0 Å². The molecular weight excluding hydrogens is 379 g/mol. The molecule has 1 amide bonds. The van der Waals surface area contributed by atoms with Crippen LogP contribution in [0.2, 0.25) is 0 Å². The van der Waals surface area contributed by atoms with E-state index in [4.69, 9.17) is 9.47 Å². The first-order chi connectivity index (χ1) is 14.2. The van der Waals surface area contributed by atoms with Gasteiger partial charge in [-0.15, -0.1) is 0 Å². The number of amides is 1. The Morgan fingerprint density at radius 1 is 1.24 bits per heavy atom. The Morgan fingerprint density at radius 3 is 2.97 bits per heavy atom. The second kappa shape index (κ2) is 6.93. The van der Waals surface area contributed by atoms with Crippen molar-refractivity contribution < 1.29 is 23.2 Å². The molecule has 0 saturated carbocycles. The van der Waals surface area contributed by atoms with E-state index in [-0.39, 0.29) is 13.2 Å². The molecular formula is C20H15FN4O4. The Bertz CT molecular complexity index is 1140. The quantitative estimate of drug-likeness (QED) is 0.515. The Morgan fingerprint density at radius 2 is 2.17 bits per heavy atom. The van der Waals surface area contributed by atoms with Crippen molar-refractivity contribution >= 4 is 22.7 Å². The van der Waals surface area contributed by atoms with Crippen LogP contribution < -0.4 is 9.64 Å². The zero-order valence-corrected chi connectivity index (χ0v) is 15.1. The van der Waals surface area contributed by atoms with Gasteiger partial charge in [-0.05, 0) is 35.5 Å². The first-order valence-electron chi connectivity index (χ1n) is 8.91. The van der Waals surface area contributed by atoms with Gasteiger partial charge in [0.15, 0.2) is 6.10 Å². The van der Waals surface area contributed by atoms with Gasteiger partial charge < -0.3 is 18.6 Å². The predicted octanol–water partition coefficient (Wildman–Crippen LogP) is 3.56. The number of benzene rings is 1. The summed E-state index contributed by atoms with van der Waals surface area (Å²) in [5, 5.41) is 4.54. The summed E-state index contributed by atoms with van der Waals surface area (Å²) < 4.78 is 31.9. The molecule has 4 aromatic rings. The number of carbonyl (C=O) groups is 1. The highest BCUT2D eigenvalue weighted by molar-refractivity contribution is 5.90. The molecule has 1 aliphatic rings. The maximum Gasteiger partial charge on any atom is 0.414 e. The largest absolute Gasteiger partial charge is 0.471 e. The average molecular weight is 394 g/mol. The molecule has 29 heavy (non-hydrogen) atoms. The topological polar surface area (TPSA) is 82.6 Å². The van der Waals surface area contributed by atoms with Crippen molar-refractivity contribution in [2.45, 2.75) is 6.10 Å². The number of anilines is 1. The van der Waals surface area contributed by atoms with Crippen LogP contribution in [0.1, 0.15) is 0 Å². The number of nitrogens with zero attached hydrogens (tertiary/aromatic N) is 4. The molecule has 4 heterocycles. The summed E-state index contributed by atoms with van der Waals surface area (Å²) in [6, 6.07) is 9.91. The fourth-order valence-corrected chi connectivity index (χ4v) is 3.25. The third-order valence-corrected chi connectivity index (χ3v) is 4.64. The van der Waals surface area contributed by atoms with Gasteiger partial charge in [0.05, 0.1) is 23.4 Å². The molecule has 0 radical (unpaired) electrons. The number of fused-ring (bicyclic) bond motifs is 1. The molecule has 1 fully saturated rings. The standard InChI is InChI=1S/C20H15FN4O4/c21-16-8-14(3-4-18(16)24-9-13-2-1-6-22-17(13)11-24)25-10-15(29-20(25)26)12-27-19-5-7-28-23-19/h1-9,11,15H,10,12H2/t15-/m1/s1. The minimum Gasteiger partial charge on any atom is -0.471 e. The Balaban J connectivity index is 1.33. The number of rotatable bonds is 5. The van der Waals surface area contributed by atoms with Crippen LogP contribution >= 0.6 is 0 Å². The van der Waals surface area contributed by atoms with Crippen molar-refractivity contribution in [3.8, 4) is 11.6 Å². The van der Waals surface area contributed by atoms with E-state index in [0.717, 1.165) is 10.9 Å². The maximum atomic E-state index is 14.8. The molecule has 1 saturated heterocycles. The summed E-state index contributed by atoms with van der Waals surface area (Å²) in [4.78, 5) is 17.8. The smallest absolute Gasteiger partial charge is 0.414 e. The highest BCUT2D eigenvalue weighted by Crippen LogP contribution is 2.27. The zero-order chi connectivity index (χ0) is 19.8. The van der Waals surface area contributed by atoms with Crippen LogP contribution in [0.5, 0.6) is 5.88 Å². The normalized spacial score (nSPS) is 16.4. The van der Waals surface area contributed by atoms with Gasteiger partial charge in [-0.1, -0.05) is 0 Å². The summed E-state index contributed by atoms with van der Waals surface area (Å²) in [7, 11) is 0. The minimum absolute atomic E-state index is 0.123. The van der Waals surface area contributed by atoms with Gasteiger partial charge in [-0.25, -0.2) is 9.18 Å². The summed E-state index contributed by atoms with van der Waals surface area (Å²) in [5.41, 5.74) is 1.55. The number of ether oxygens (including phenoxy) is 2. The number of carbonyl (C=O) groups excluding carboxylic acids is 1. The fourth-order valence-electron chi connectivity index (χ4n) is 3.25. The van der Waals surface area contributed by atoms with E-state index in [1.807, 2.05) is 18.3 Å². The van der Waals surface area contributed by atoms with Crippen LogP contribution in [0, 0.1) is 5.82 Å². The lowest BCUT2D eigenvalue weighted by Crippen LogP contribution is -2.26. The number of hydrogen-bond donors (Lipinski definition) is 0. The zero-order valence-electron chi connectivity index (χ0n) is 15.1. The third kappa shape index (κ3) is 3.27. The van der Waals surface area contributed by atoms with Crippen LogP contribution in [0.25, 0.3) is 16.6 Å². The lowest BCUT2D eigenvalue weighted by molar-refractivity contribution is 0.102.